The first-order chi connectivity index (χ1) is 24.3. The molecule has 0 fully saturated rings. The van der Waals surface area contributed by atoms with Crippen molar-refractivity contribution >= 4 is 54.5 Å². The van der Waals surface area contributed by atoms with Crippen molar-refractivity contribution < 1.29 is 4.74 Å². The van der Waals surface area contributed by atoms with Gasteiger partial charge in [0.15, 0.2) is 11.5 Å². The monoisotopic (exact) mass is 626 g/mol. The van der Waals surface area contributed by atoms with Gasteiger partial charge in [-0.1, -0.05) is 121 Å². The molecule has 228 valence electrons. The lowest BCUT2D eigenvalue weighted by molar-refractivity contribution is 0.477. The van der Waals surface area contributed by atoms with Crippen molar-refractivity contribution in [3.8, 4) is 45.5 Å². The van der Waals surface area contributed by atoms with E-state index in [0.717, 1.165) is 72.2 Å². The van der Waals surface area contributed by atoms with Crippen LogP contribution in [0.1, 0.15) is 0 Å². The van der Waals surface area contributed by atoms with Gasteiger partial charge in [0.05, 0.1) is 39.0 Å². The fourth-order valence-corrected chi connectivity index (χ4v) is 7.80. The standard InChI is InChI=1S/C44H26N4O/c1-2-12-27(13-3-1)28-22-24-29(25-23-28)42-30-14-4-7-17-33(30)45-44(46-42)48-35-19-9-5-15-31(35)40-37(48)26-39-43-41(40)32-16-6-8-18-34(32)47(43)36-20-10-11-21-38(36)49-39/h1-26H. The second kappa shape index (κ2) is 9.89. The van der Waals surface area contributed by atoms with Crippen molar-refractivity contribution in [2.24, 2.45) is 0 Å². The first-order valence-electron chi connectivity index (χ1n) is 16.5. The van der Waals surface area contributed by atoms with Crippen molar-refractivity contribution in [1.29, 1.82) is 0 Å². The van der Waals surface area contributed by atoms with Gasteiger partial charge >= 0.3 is 0 Å². The molecule has 0 aliphatic carbocycles. The normalized spacial score (nSPS) is 12.2. The van der Waals surface area contributed by atoms with Gasteiger partial charge in [-0.15, -0.1) is 0 Å². The summed E-state index contributed by atoms with van der Waals surface area (Å²) in [5.74, 6) is 2.28. The van der Waals surface area contributed by atoms with Crippen molar-refractivity contribution in [1.82, 2.24) is 19.1 Å². The zero-order valence-corrected chi connectivity index (χ0v) is 26.2. The van der Waals surface area contributed by atoms with Crippen LogP contribution in [0, 0.1) is 0 Å². The number of rotatable bonds is 3. The van der Waals surface area contributed by atoms with E-state index >= 15 is 0 Å². The lowest BCUT2D eigenvalue weighted by atomic mass is 10.0. The molecule has 10 aromatic rings. The molecule has 7 aromatic carbocycles. The van der Waals surface area contributed by atoms with Crippen LogP contribution in [-0.4, -0.2) is 19.1 Å². The van der Waals surface area contributed by atoms with E-state index in [2.05, 4.69) is 143 Å². The molecule has 0 saturated carbocycles. The summed E-state index contributed by atoms with van der Waals surface area (Å²) in [6, 6.07) is 55.1. The van der Waals surface area contributed by atoms with Gasteiger partial charge in [0.25, 0.3) is 0 Å². The maximum Gasteiger partial charge on any atom is 0.235 e. The predicted molar refractivity (Wildman–Crippen MR) is 199 cm³/mol. The molecular formula is C44H26N4O. The van der Waals surface area contributed by atoms with E-state index < -0.39 is 0 Å². The molecule has 0 spiro atoms. The molecule has 0 saturated heterocycles. The van der Waals surface area contributed by atoms with Crippen molar-refractivity contribution in [3.63, 3.8) is 0 Å². The van der Waals surface area contributed by atoms with Crippen LogP contribution in [0.2, 0.25) is 0 Å². The summed E-state index contributed by atoms with van der Waals surface area (Å²) >= 11 is 0. The summed E-state index contributed by atoms with van der Waals surface area (Å²) in [6.45, 7) is 0. The average Bonchev–Trinajstić information content (AvgIpc) is 3.69. The minimum absolute atomic E-state index is 0.624. The minimum Gasteiger partial charge on any atom is -0.453 e. The molecule has 0 bridgehead atoms. The molecule has 0 atom stereocenters. The highest BCUT2D eigenvalue weighted by molar-refractivity contribution is 6.30. The Labute approximate surface area is 280 Å². The van der Waals surface area contributed by atoms with Crippen LogP contribution in [0.25, 0.3) is 88.5 Å². The molecule has 3 aromatic heterocycles. The van der Waals surface area contributed by atoms with Gasteiger partial charge in [0.2, 0.25) is 5.95 Å². The van der Waals surface area contributed by atoms with Crippen LogP contribution < -0.4 is 4.74 Å². The number of hydrogen-bond donors (Lipinski definition) is 0. The minimum atomic E-state index is 0.624. The first-order valence-corrected chi connectivity index (χ1v) is 16.5. The van der Waals surface area contributed by atoms with E-state index in [0.29, 0.717) is 5.95 Å². The van der Waals surface area contributed by atoms with Crippen molar-refractivity contribution in [3.05, 3.63) is 158 Å². The van der Waals surface area contributed by atoms with E-state index in [1.807, 2.05) is 24.3 Å². The fourth-order valence-electron chi connectivity index (χ4n) is 7.80. The van der Waals surface area contributed by atoms with Gasteiger partial charge in [0.1, 0.15) is 0 Å². The summed E-state index contributed by atoms with van der Waals surface area (Å²) in [6.07, 6.45) is 0. The quantitative estimate of drug-likeness (QED) is 0.196. The van der Waals surface area contributed by atoms with Gasteiger partial charge in [-0.2, -0.15) is 0 Å². The molecule has 0 amide bonds. The van der Waals surface area contributed by atoms with E-state index in [9.17, 15) is 0 Å². The Balaban J connectivity index is 1.23. The molecule has 0 unspecified atom stereocenters. The summed E-state index contributed by atoms with van der Waals surface area (Å²) in [5.41, 5.74) is 10.5. The summed E-state index contributed by atoms with van der Waals surface area (Å²) in [7, 11) is 0. The smallest absolute Gasteiger partial charge is 0.235 e. The van der Waals surface area contributed by atoms with Crippen LogP contribution >= 0.6 is 0 Å². The summed E-state index contributed by atoms with van der Waals surface area (Å²) in [5, 5.41) is 5.69. The third-order valence-electron chi connectivity index (χ3n) is 9.92. The molecule has 1 aliphatic rings. The largest absolute Gasteiger partial charge is 0.453 e. The number of aromatic nitrogens is 4. The van der Waals surface area contributed by atoms with E-state index in [4.69, 9.17) is 14.7 Å². The van der Waals surface area contributed by atoms with Crippen molar-refractivity contribution in [2.75, 3.05) is 0 Å². The Morgan fingerprint density at radius 2 is 1.04 bits per heavy atom. The van der Waals surface area contributed by atoms with Gasteiger partial charge < -0.3 is 9.30 Å². The molecule has 11 rings (SSSR count). The average molecular weight is 627 g/mol. The Morgan fingerprint density at radius 1 is 0.429 bits per heavy atom. The maximum atomic E-state index is 6.71. The third-order valence-corrected chi connectivity index (χ3v) is 9.92. The van der Waals surface area contributed by atoms with Crippen LogP contribution in [0.5, 0.6) is 11.5 Å². The molecular weight excluding hydrogens is 601 g/mol. The first kappa shape index (κ1) is 26.4. The Kier molecular flexibility index (Phi) is 5.32. The number of benzene rings is 7. The Morgan fingerprint density at radius 3 is 1.86 bits per heavy atom. The van der Waals surface area contributed by atoms with Gasteiger partial charge in [0, 0.05) is 38.6 Å². The Bertz CT molecular complexity index is 2960. The molecule has 5 heteroatoms. The lowest BCUT2D eigenvalue weighted by Gasteiger charge is -2.21. The maximum absolute atomic E-state index is 6.71. The van der Waals surface area contributed by atoms with Gasteiger partial charge in [-0.05, 0) is 41.5 Å². The number of fused-ring (bicyclic) bond motifs is 10. The number of hydrogen-bond acceptors (Lipinski definition) is 3. The van der Waals surface area contributed by atoms with Crippen LogP contribution in [-0.2, 0) is 0 Å². The summed E-state index contributed by atoms with van der Waals surface area (Å²) in [4.78, 5) is 10.6. The van der Waals surface area contributed by atoms with E-state index in [1.165, 1.54) is 21.9 Å². The van der Waals surface area contributed by atoms with Crippen LogP contribution in [0.3, 0.4) is 0 Å². The summed E-state index contributed by atoms with van der Waals surface area (Å²) < 4.78 is 11.3. The van der Waals surface area contributed by atoms with E-state index in [-0.39, 0.29) is 0 Å². The lowest BCUT2D eigenvalue weighted by Crippen LogP contribution is -2.05. The van der Waals surface area contributed by atoms with Gasteiger partial charge in [-0.25, -0.2) is 9.97 Å². The zero-order valence-electron chi connectivity index (χ0n) is 26.2. The highest BCUT2D eigenvalue weighted by atomic mass is 16.5. The number of ether oxygens (including phenoxy) is 1. The topological polar surface area (TPSA) is 44.9 Å². The zero-order chi connectivity index (χ0) is 32.1. The van der Waals surface area contributed by atoms with Gasteiger partial charge in [-0.3, -0.25) is 4.57 Å². The highest BCUT2D eigenvalue weighted by Crippen LogP contribution is 2.50. The molecule has 49 heavy (non-hydrogen) atoms. The predicted octanol–water partition coefficient (Wildman–Crippen LogP) is 11.3. The van der Waals surface area contributed by atoms with Crippen molar-refractivity contribution in [2.45, 2.75) is 0 Å². The highest BCUT2D eigenvalue weighted by Gasteiger charge is 2.28. The second-order valence-corrected chi connectivity index (χ2v) is 12.6. The van der Waals surface area contributed by atoms with Crippen LogP contribution in [0.15, 0.2) is 158 Å². The molecule has 1 aliphatic heterocycles. The second-order valence-electron chi connectivity index (χ2n) is 12.6. The number of nitrogens with zero attached hydrogens (tertiary/aromatic N) is 4. The molecule has 0 radical (unpaired) electrons. The third kappa shape index (κ3) is 3.70. The number of para-hydroxylation sites is 5. The molecule has 0 N–H and O–H groups in total. The molecule has 4 heterocycles. The van der Waals surface area contributed by atoms with Crippen LogP contribution in [0.4, 0.5) is 0 Å². The Hall–Kier alpha value is -6.72. The molecule has 5 nitrogen and oxygen atoms in total. The SMILES string of the molecule is c1ccc(-c2ccc(-c3nc(-n4c5ccccc5c5c6c7ccccc7n7c6c(cc54)Oc4ccccc4-7)nc4ccccc34)cc2)cc1. The van der Waals surface area contributed by atoms with E-state index in [1.54, 1.807) is 0 Å². The fraction of sp³-hybridized carbons (Fsp3) is 0.